The summed E-state index contributed by atoms with van der Waals surface area (Å²) in [4.78, 5) is 0. The van der Waals surface area contributed by atoms with Crippen molar-refractivity contribution in [2.24, 2.45) is 5.92 Å². The Kier molecular flexibility index (Phi) is 12.4. The highest BCUT2D eigenvalue weighted by Crippen LogP contribution is 2.22. The molecule has 1 saturated heterocycles. The van der Waals surface area contributed by atoms with Gasteiger partial charge in [-0.15, -0.1) is 0 Å². The Balaban J connectivity index is 0.000000198. The second kappa shape index (κ2) is 15.0. The van der Waals surface area contributed by atoms with E-state index in [2.05, 4.69) is 76.4 Å². The Morgan fingerprint density at radius 2 is 1.94 bits per heavy atom. The van der Waals surface area contributed by atoms with E-state index in [4.69, 9.17) is 10.1 Å². The van der Waals surface area contributed by atoms with Gasteiger partial charge in [0.15, 0.2) is 0 Å². The molecule has 0 amide bonds. The van der Waals surface area contributed by atoms with E-state index in [1.807, 2.05) is 17.8 Å². The monoisotopic (exact) mass is 480 g/mol. The van der Waals surface area contributed by atoms with Crippen molar-refractivity contribution in [1.29, 1.82) is 5.41 Å². The quantitative estimate of drug-likeness (QED) is 0.426. The number of benzene rings is 1. The van der Waals surface area contributed by atoms with Crippen LogP contribution >= 0.6 is 0 Å². The van der Waals surface area contributed by atoms with Crippen LogP contribution in [0, 0.1) is 25.2 Å². The van der Waals surface area contributed by atoms with Crippen LogP contribution in [0.4, 0.5) is 0 Å². The molecule has 5 heteroatoms. The largest absolute Gasteiger partial charge is 0.381 e. The Bertz CT molecular complexity index is 951. The topological polar surface area (TPSA) is 62.9 Å². The molecule has 5 nitrogen and oxygen atoms in total. The lowest BCUT2D eigenvalue weighted by atomic mass is 9.98. The van der Waals surface area contributed by atoms with Crippen LogP contribution in [-0.4, -0.2) is 41.8 Å². The Morgan fingerprint density at radius 1 is 1.17 bits per heavy atom. The summed E-state index contributed by atoms with van der Waals surface area (Å²) in [5.41, 5.74) is 8.53. The second-order valence-electron chi connectivity index (χ2n) is 10.1. The molecule has 0 saturated carbocycles. The standard InChI is InChI=1S/C14H18N2.C9H16N2.C7H14O/c1-10(2)16-9-14(8-15-16)13-6-5-11(3)12(4)7-13;1-3-9(10)8-6-11-5-4-7(8)2;1-2-3-7-4-5-8-6-7/h5-10H,1-4H3;10-11H,3-6H2,1-2H3;7H,2-6H2,1H3. The van der Waals surface area contributed by atoms with E-state index in [9.17, 15) is 0 Å². The van der Waals surface area contributed by atoms with Crippen LogP contribution in [0.15, 0.2) is 41.7 Å². The average Bonchev–Trinajstić information content (AvgIpc) is 3.55. The number of aromatic nitrogens is 2. The summed E-state index contributed by atoms with van der Waals surface area (Å²) < 4.78 is 7.20. The highest BCUT2D eigenvalue weighted by molar-refractivity contribution is 5.98. The zero-order chi connectivity index (χ0) is 25.8. The number of nitrogens with zero attached hydrogens (tertiary/aromatic N) is 2. The second-order valence-corrected chi connectivity index (χ2v) is 10.1. The SMILES string of the molecule is CCC(=N)C1=C(C)CCNC1.CCCC1CCOC1.Cc1ccc(-c2cnn(C(C)C)c2)cc1C. The molecular formula is C30H48N4O. The molecule has 1 aromatic heterocycles. The van der Waals surface area contributed by atoms with Crippen molar-refractivity contribution < 1.29 is 4.74 Å². The first-order valence-electron chi connectivity index (χ1n) is 13.4. The Morgan fingerprint density at radius 3 is 2.49 bits per heavy atom. The van der Waals surface area contributed by atoms with Gasteiger partial charge in [-0.1, -0.05) is 44.0 Å². The molecule has 1 aromatic carbocycles. The lowest BCUT2D eigenvalue weighted by Crippen LogP contribution is -2.27. The van der Waals surface area contributed by atoms with Crippen LogP contribution in [0.1, 0.15) is 83.9 Å². The normalized spacial score (nSPS) is 17.5. The van der Waals surface area contributed by atoms with E-state index in [1.165, 1.54) is 52.7 Å². The number of rotatable bonds is 6. The smallest absolute Gasteiger partial charge is 0.0568 e. The summed E-state index contributed by atoms with van der Waals surface area (Å²) in [7, 11) is 0. The van der Waals surface area contributed by atoms with Crippen LogP contribution in [-0.2, 0) is 4.74 Å². The van der Waals surface area contributed by atoms with Gasteiger partial charge >= 0.3 is 0 Å². The summed E-state index contributed by atoms with van der Waals surface area (Å²) in [6.07, 6.45) is 9.98. The third-order valence-electron chi connectivity index (χ3n) is 6.90. The van der Waals surface area contributed by atoms with Crippen molar-refractivity contribution in [2.45, 2.75) is 86.6 Å². The summed E-state index contributed by atoms with van der Waals surface area (Å²) in [5.74, 6) is 0.889. The van der Waals surface area contributed by atoms with E-state index in [1.54, 1.807) is 0 Å². The molecule has 3 heterocycles. The number of hydrogen-bond acceptors (Lipinski definition) is 4. The van der Waals surface area contributed by atoms with E-state index in [-0.39, 0.29) is 0 Å². The number of nitrogens with one attached hydrogen (secondary N) is 2. The minimum atomic E-state index is 0.417. The number of ether oxygens (including phenoxy) is 1. The first kappa shape index (κ1) is 29.0. The van der Waals surface area contributed by atoms with Crippen molar-refractivity contribution in [3.8, 4) is 11.1 Å². The molecule has 2 N–H and O–H groups in total. The molecule has 1 unspecified atom stereocenters. The molecule has 0 aliphatic carbocycles. The molecule has 0 radical (unpaired) electrons. The van der Waals surface area contributed by atoms with Crippen LogP contribution in [0.3, 0.4) is 0 Å². The number of hydrogen-bond donors (Lipinski definition) is 2. The summed E-state index contributed by atoms with van der Waals surface area (Å²) in [6.45, 7) is 19.0. The molecule has 0 spiro atoms. The molecule has 2 aliphatic rings. The van der Waals surface area contributed by atoms with Crippen molar-refractivity contribution in [1.82, 2.24) is 15.1 Å². The molecule has 4 rings (SSSR count). The van der Waals surface area contributed by atoms with Crippen LogP contribution < -0.4 is 5.32 Å². The third kappa shape index (κ3) is 9.38. The fourth-order valence-electron chi connectivity index (χ4n) is 4.28. The third-order valence-corrected chi connectivity index (χ3v) is 6.90. The molecule has 35 heavy (non-hydrogen) atoms. The van der Waals surface area contributed by atoms with Gasteiger partial charge in [-0.2, -0.15) is 5.10 Å². The summed E-state index contributed by atoms with van der Waals surface area (Å²) in [5, 5.41) is 15.3. The van der Waals surface area contributed by atoms with E-state index >= 15 is 0 Å². The van der Waals surface area contributed by atoms with Gasteiger partial charge in [0.25, 0.3) is 0 Å². The fraction of sp³-hybridized carbons (Fsp3) is 0.600. The zero-order valence-corrected chi connectivity index (χ0v) is 23.2. The van der Waals surface area contributed by atoms with Gasteiger partial charge in [0.1, 0.15) is 0 Å². The number of aryl methyl sites for hydroxylation is 2. The van der Waals surface area contributed by atoms with Gasteiger partial charge in [-0.05, 0) is 95.0 Å². The maximum atomic E-state index is 7.66. The maximum Gasteiger partial charge on any atom is 0.0568 e. The van der Waals surface area contributed by atoms with Crippen LogP contribution in [0.2, 0.25) is 0 Å². The molecule has 1 fully saturated rings. The minimum Gasteiger partial charge on any atom is -0.381 e. The predicted molar refractivity (Wildman–Crippen MR) is 150 cm³/mol. The highest BCUT2D eigenvalue weighted by atomic mass is 16.5. The van der Waals surface area contributed by atoms with Crippen molar-refractivity contribution in [2.75, 3.05) is 26.3 Å². The Hall–Kier alpha value is -2.24. The molecule has 2 aromatic rings. The van der Waals surface area contributed by atoms with Crippen LogP contribution in [0.5, 0.6) is 0 Å². The first-order chi connectivity index (χ1) is 16.8. The first-order valence-corrected chi connectivity index (χ1v) is 13.4. The highest BCUT2D eigenvalue weighted by Gasteiger charge is 2.13. The molecule has 194 valence electrons. The fourth-order valence-corrected chi connectivity index (χ4v) is 4.28. The van der Waals surface area contributed by atoms with E-state index in [0.29, 0.717) is 6.04 Å². The van der Waals surface area contributed by atoms with Gasteiger partial charge in [-0.3, -0.25) is 4.68 Å². The summed E-state index contributed by atoms with van der Waals surface area (Å²) in [6, 6.07) is 6.96. The van der Waals surface area contributed by atoms with Gasteiger partial charge in [0, 0.05) is 43.3 Å². The van der Waals surface area contributed by atoms with Crippen molar-refractivity contribution in [3.63, 3.8) is 0 Å². The maximum absolute atomic E-state index is 7.66. The van der Waals surface area contributed by atoms with Gasteiger partial charge in [-0.25, -0.2) is 0 Å². The van der Waals surface area contributed by atoms with E-state index < -0.39 is 0 Å². The zero-order valence-electron chi connectivity index (χ0n) is 23.2. The minimum absolute atomic E-state index is 0.417. The lowest BCUT2D eigenvalue weighted by Gasteiger charge is -2.18. The van der Waals surface area contributed by atoms with Gasteiger partial charge in [0.05, 0.1) is 6.20 Å². The average molecular weight is 481 g/mol. The van der Waals surface area contributed by atoms with Crippen molar-refractivity contribution in [3.05, 3.63) is 52.9 Å². The predicted octanol–water partition coefficient (Wildman–Crippen LogP) is 7.30. The van der Waals surface area contributed by atoms with Crippen molar-refractivity contribution >= 4 is 5.71 Å². The summed E-state index contributed by atoms with van der Waals surface area (Å²) >= 11 is 0. The van der Waals surface area contributed by atoms with E-state index in [0.717, 1.165) is 50.8 Å². The molecule has 0 bridgehead atoms. The molecule has 1 atom stereocenters. The molecule has 2 aliphatic heterocycles. The van der Waals surface area contributed by atoms with Crippen LogP contribution in [0.25, 0.3) is 11.1 Å². The lowest BCUT2D eigenvalue weighted by molar-refractivity contribution is 0.184. The van der Waals surface area contributed by atoms with Gasteiger partial charge < -0.3 is 15.5 Å². The molecular weight excluding hydrogens is 432 g/mol. The Labute approximate surface area is 213 Å². The van der Waals surface area contributed by atoms with Gasteiger partial charge in [0.2, 0.25) is 0 Å².